The molecule has 0 aliphatic carbocycles. The molecule has 0 aliphatic rings. The summed E-state index contributed by atoms with van der Waals surface area (Å²) in [5, 5.41) is 4.09. The minimum Gasteiger partial charge on any atom is -0.289 e. The van der Waals surface area contributed by atoms with Gasteiger partial charge < -0.3 is 0 Å². The number of nitrogens with zero attached hydrogens (tertiary/aromatic N) is 3. The number of hydrogen-bond donors (Lipinski definition) is 1. The summed E-state index contributed by atoms with van der Waals surface area (Å²) in [6.07, 6.45) is 1.76. The molecule has 124 valence electrons. The average Bonchev–Trinajstić information content (AvgIpc) is 2.99. The van der Waals surface area contributed by atoms with Crippen LogP contribution in [0.3, 0.4) is 0 Å². The molecule has 0 saturated heterocycles. The van der Waals surface area contributed by atoms with Gasteiger partial charge in [0.05, 0.1) is 16.4 Å². The molecule has 0 fully saturated rings. The number of benzene rings is 1. The zero-order valence-corrected chi connectivity index (χ0v) is 14.5. The fourth-order valence-electron chi connectivity index (χ4n) is 2.74. The van der Waals surface area contributed by atoms with Crippen LogP contribution < -0.4 is 5.56 Å². The Balaban J connectivity index is 1.72. The van der Waals surface area contributed by atoms with Gasteiger partial charge >= 0.3 is 0 Å². The summed E-state index contributed by atoms with van der Waals surface area (Å²) in [5.41, 5.74) is 4.24. The van der Waals surface area contributed by atoms with Crippen molar-refractivity contribution in [2.75, 3.05) is 0 Å². The van der Waals surface area contributed by atoms with Gasteiger partial charge in [-0.1, -0.05) is 36.4 Å². The van der Waals surface area contributed by atoms with E-state index in [1.165, 1.54) is 4.52 Å². The second kappa shape index (κ2) is 6.57. The van der Waals surface area contributed by atoms with Crippen LogP contribution in [-0.4, -0.2) is 19.6 Å². The molecule has 0 bridgehead atoms. The topological polar surface area (TPSA) is 63.0 Å². The zero-order valence-electron chi connectivity index (χ0n) is 13.6. The highest BCUT2D eigenvalue weighted by Gasteiger charge is 2.13. The van der Waals surface area contributed by atoms with Crippen molar-refractivity contribution >= 4 is 17.4 Å². The lowest BCUT2D eigenvalue weighted by atomic mass is 10.1. The van der Waals surface area contributed by atoms with Gasteiger partial charge in [-0.25, -0.2) is 14.5 Å². The Bertz CT molecular complexity index is 1070. The summed E-state index contributed by atoms with van der Waals surface area (Å²) < 4.78 is 1.51. The fourth-order valence-corrected chi connectivity index (χ4v) is 3.49. The summed E-state index contributed by atoms with van der Waals surface area (Å²) in [6, 6.07) is 17.3. The van der Waals surface area contributed by atoms with Gasteiger partial charge in [-0.2, -0.15) is 0 Å². The molecule has 3 aromatic heterocycles. The highest BCUT2D eigenvalue weighted by atomic mass is 32.2. The molecule has 0 aliphatic heterocycles. The highest BCUT2D eigenvalue weighted by Crippen LogP contribution is 2.24. The number of pyridine rings is 1. The van der Waals surface area contributed by atoms with Gasteiger partial charge in [0.2, 0.25) is 0 Å². The number of aryl methyl sites for hydroxylation is 1. The van der Waals surface area contributed by atoms with Crippen LogP contribution in [-0.2, 0) is 5.75 Å². The van der Waals surface area contributed by atoms with Gasteiger partial charge in [-0.15, -0.1) is 11.8 Å². The molecule has 4 rings (SSSR count). The van der Waals surface area contributed by atoms with Gasteiger partial charge in [0, 0.05) is 23.6 Å². The summed E-state index contributed by atoms with van der Waals surface area (Å²) in [6.45, 7) is 1.98. The summed E-state index contributed by atoms with van der Waals surface area (Å²) in [7, 11) is 0. The number of rotatable bonds is 4. The third-order valence-corrected chi connectivity index (χ3v) is 4.95. The van der Waals surface area contributed by atoms with Crippen molar-refractivity contribution in [1.82, 2.24) is 19.6 Å². The molecule has 0 saturated carbocycles. The van der Waals surface area contributed by atoms with Crippen molar-refractivity contribution in [3.63, 3.8) is 0 Å². The summed E-state index contributed by atoms with van der Waals surface area (Å²) >= 11 is 1.57. The lowest BCUT2D eigenvalue weighted by molar-refractivity contribution is 0.891. The molecular weight excluding hydrogens is 332 g/mol. The van der Waals surface area contributed by atoms with Crippen molar-refractivity contribution in [3.8, 4) is 11.3 Å². The number of nitrogens with one attached hydrogen (secondary N) is 1. The van der Waals surface area contributed by atoms with E-state index in [0.717, 1.165) is 27.5 Å². The number of aromatic amines is 1. The van der Waals surface area contributed by atoms with Gasteiger partial charge in [0.25, 0.3) is 5.56 Å². The number of aromatic nitrogens is 4. The second-order valence-corrected chi connectivity index (χ2v) is 6.67. The van der Waals surface area contributed by atoms with Crippen molar-refractivity contribution < 1.29 is 0 Å². The highest BCUT2D eigenvalue weighted by molar-refractivity contribution is 7.98. The van der Waals surface area contributed by atoms with Crippen molar-refractivity contribution in [2.45, 2.75) is 17.7 Å². The van der Waals surface area contributed by atoms with E-state index >= 15 is 0 Å². The second-order valence-electron chi connectivity index (χ2n) is 5.68. The van der Waals surface area contributed by atoms with Crippen LogP contribution in [0.25, 0.3) is 16.9 Å². The van der Waals surface area contributed by atoms with Crippen molar-refractivity contribution in [2.24, 2.45) is 0 Å². The van der Waals surface area contributed by atoms with Crippen LogP contribution in [0.4, 0.5) is 0 Å². The first-order valence-corrected chi connectivity index (χ1v) is 8.91. The van der Waals surface area contributed by atoms with Crippen molar-refractivity contribution in [1.29, 1.82) is 0 Å². The molecule has 25 heavy (non-hydrogen) atoms. The van der Waals surface area contributed by atoms with Gasteiger partial charge in [-0.05, 0) is 24.6 Å². The predicted molar refractivity (Wildman–Crippen MR) is 99.8 cm³/mol. The monoisotopic (exact) mass is 348 g/mol. The molecule has 0 amide bonds. The molecule has 5 nitrogen and oxygen atoms in total. The van der Waals surface area contributed by atoms with E-state index < -0.39 is 0 Å². The zero-order chi connectivity index (χ0) is 17.2. The lowest BCUT2D eigenvalue weighted by Crippen LogP contribution is -2.15. The summed E-state index contributed by atoms with van der Waals surface area (Å²) in [4.78, 5) is 21.4. The van der Waals surface area contributed by atoms with E-state index in [-0.39, 0.29) is 5.56 Å². The first kappa shape index (κ1) is 15.7. The average molecular weight is 348 g/mol. The van der Waals surface area contributed by atoms with Gasteiger partial charge in [0.15, 0.2) is 5.65 Å². The van der Waals surface area contributed by atoms with Crippen LogP contribution in [0.15, 0.2) is 70.6 Å². The Kier molecular flexibility index (Phi) is 4.11. The number of H-pyrrole nitrogens is 1. The van der Waals surface area contributed by atoms with Crippen LogP contribution in [0, 0.1) is 6.92 Å². The van der Waals surface area contributed by atoms with E-state index in [2.05, 4.69) is 15.1 Å². The Morgan fingerprint density at radius 1 is 1.12 bits per heavy atom. The molecule has 1 aromatic carbocycles. The third-order valence-electron chi connectivity index (χ3n) is 3.97. The Hall–Kier alpha value is -2.86. The Morgan fingerprint density at radius 3 is 2.68 bits per heavy atom. The van der Waals surface area contributed by atoms with E-state index in [0.29, 0.717) is 11.4 Å². The molecule has 0 spiro atoms. The normalized spacial score (nSPS) is 11.1. The van der Waals surface area contributed by atoms with Crippen LogP contribution >= 0.6 is 11.8 Å². The maximum absolute atomic E-state index is 12.5. The molecule has 1 N–H and O–H groups in total. The maximum atomic E-state index is 12.5. The minimum absolute atomic E-state index is 0.105. The number of fused-ring (bicyclic) bond motifs is 1. The van der Waals surface area contributed by atoms with E-state index in [4.69, 9.17) is 0 Å². The Labute approximate surface area is 148 Å². The quantitative estimate of drug-likeness (QED) is 0.571. The first-order valence-electron chi connectivity index (χ1n) is 7.93. The predicted octanol–water partition coefficient (Wildman–Crippen LogP) is 3.69. The molecular formula is C19H16N4OS. The van der Waals surface area contributed by atoms with E-state index in [1.54, 1.807) is 24.0 Å². The van der Waals surface area contributed by atoms with Gasteiger partial charge in [0.1, 0.15) is 0 Å². The SMILES string of the molecule is Cc1c(-c2ccccc2)[nH]n2c(=O)cc(CSc3ccccn3)nc12. The molecule has 0 atom stereocenters. The molecule has 0 unspecified atom stereocenters. The van der Waals surface area contributed by atoms with Crippen LogP contribution in [0.2, 0.25) is 0 Å². The number of hydrogen-bond acceptors (Lipinski definition) is 4. The Morgan fingerprint density at radius 2 is 1.92 bits per heavy atom. The van der Waals surface area contributed by atoms with E-state index in [9.17, 15) is 4.79 Å². The molecule has 6 heteroatoms. The standard InChI is InChI=1S/C19H16N4OS/c1-13-18(14-7-3-2-4-8-14)22-23-17(24)11-15(21-19(13)23)12-25-16-9-5-6-10-20-16/h2-11,22H,12H2,1H3. The summed E-state index contributed by atoms with van der Waals surface area (Å²) in [5.74, 6) is 0.605. The smallest absolute Gasteiger partial charge is 0.272 e. The third kappa shape index (κ3) is 3.08. The fraction of sp³-hybridized carbons (Fsp3) is 0.105. The molecule has 3 heterocycles. The van der Waals surface area contributed by atoms with Crippen molar-refractivity contribution in [3.05, 3.63) is 82.4 Å². The minimum atomic E-state index is -0.105. The maximum Gasteiger partial charge on any atom is 0.272 e. The van der Waals surface area contributed by atoms with E-state index in [1.807, 2.05) is 55.5 Å². The first-order chi connectivity index (χ1) is 12.2. The lowest BCUT2D eigenvalue weighted by Gasteiger charge is -2.01. The molecule has 0 radical (unpaired) electrons. The van der Waals surface area contributed by atoms with Gasteiger partial charge in [-0.3, -0.25) is 9.89 Å². The molecule has 4 aromatic rings. The van der Waals surface area contributed by atoms with Crippen LogP contribution in [0.1, 0.15) is 11.3 Å². The largest absolute Gasteiger partial charge is 0.289 e. The number of thioether (sulfide) groups is 1. The van der Waals surface area contributed by atoms with Crippen LogP contribution in [0.5, 0.6) is 0 Å².